The Morgan fingerprint density at radius 1 is 0.689 bits per heavy atom. The van der Waals surface area contributed by atoms with Gasteiger partial charge in [-0.25, -0.2) is 9.59 Å². The number of thioether (sulfide) groups is 1. The van der Waals surface area contributed by atoms with Crippen LogP contribution < -0.4 is 32.3 Å². The molecular formula is C78H123N9O18S. The normalized spacial score (nSPS) is 16.6. The van der Waals surface area contributed by atoms with Gasteiger partial charge in [0, 0.05) is 116 Å². The van der Waals surface area contributed by atoms with Gasteiger partial charge in [0.05, 0.1) is 54.9 Å². The van der Waals surface area contributed by atoms with E-state index in [1.54, 1.807) is 82.8 Å². The zero-order chi connectivity index (χ0) is 79.7. The van der Waals surface area contributed by atoms with Crippen LogP contribution in [0.5, 0.6) is 0 Å². The molecule has 28 heteroatoms. The molecule has 1 fully saturated rings. The molecule has 6 unspecified atom stereocenters. The van der Waals surface area contributed by atoms with Crippen LogP contribution >= 0.6 is 11.8 Å². The number of carbonyl (C=O) groups excluding carboxylic acids is 12. The summed E-state index contributed by atoms with van der Waals surface area (Å²) in [6.45, 7) is 22.0. The number of unbranched alkanes of at least 4 members (excludes halogenated alkanes) is 2. The molecule has 0 radical (unpaired) electrons. The number of carboxylic acids is 1. The number of amides is 9. The number of nitrogens with one attached hydrogen (secondary N) is 5. The molecule has 1 heterocycles. The van der Waals surface area contributed by atoms with Crippen LogP contribution in [0.2, 0.25) is 0 Å². The number of hydrogen-bond donors (Lipinski definition) is 8. The number of anilines is 1. The highest BCUT2D eigenvalue weighted by Crippen LogP contribution is 2.34. The quantitative estimate of drug-likeness (QED) is 0.0287. The number of ether oxygens (including phenoxy) is 3. The van der Waals surface area contributed by atoms with Crippen molar-refractivity contribution in [1.29, 1.82) is 0 Å². The van der Waals surface area contributed by atoms with Gasteiger partial charge in [-0.05, 0) is 98.3 Å². The van der Waals surface area contributed by atoms with E-state index >= 15 is 0 Å². The summed E-state index contributed by atoms with van der Waals surface area (Å²) >= 11 is 0.887. The highest BCUT2D eigenvalue weighted by atomic mass is 32.2. The van der Waals surface area contributed by atoms with Crippen LogP contribution in [-0.4, -0.2) is 203 Å². The lowest BCUT2D eigenvalue weighted by Crippen LogP contribution is -2.54. The maximum Gasteiger partial charge on any atom is 0.410 e. The molecule has 2 aromatic rings. The molecule has 9 amide bonds. The van der Waals surface area contributed by atoms with Gasteiger partial charge in [-0.15, -0.1) is 11.8 Å². The van der Waals surface area contributed by atoms with E-state index in [1.165, 1.54) is 26.0 Å². The molecule has 0 aromatic heterocycles. The first-order chi connectivity index (χ1) is 50.0. The van der Waals surface area contributed by atoms with Gasteiger partial charge in [0.15, 0.2) is 17.3 Å². The molecule has 3 rings (SSSR count). The van der Waals surface area contributed by atoms with Gasteiger partial charge in [0.1, 0.15) is 17.6 Å². The van der Waals surface area contributed by atoms with Gasteiger partial charge >= 0.3 is 18.1 Å². The Morgan fingerprint density at radius 2 is 1.34 bits per heavy atom. The minimum absolute atomic E-state index is 0.0150. The summed E-state index contributed by atoms with van der Waals surface area (Å²) in [6.07, 6.45) is 0.291. The van der Waals surface area contributed by atoms with E-state index in [1.807, 2.05) is 71.9 Å². The molecular weight excluding hydrogens is 1380 g/mol. The Bertz CT molecular complexity index is 3190. The highest BCUT2D eigenvalue weighted by Gasteiger charge is 2.44. The number of benzene rings is 2. The van der Waals surface area contributed by atoms with Crippen LogP contribution in [0.1, 0.15) is 197 Å². The third kappa shape index (κ3) is 30.1. The van der Waals surface area contributed by atoms with Crippen molar-refractivity contribution in [3.05, 3.63) is 65.7 Å². The van der Waals surface area contributed by atoms with Crippen LogP contribution in [0.3, 0.4) is 0 Å². The number of primary amides is 1. The van der Waals surface area contributed by atoms with E-state index < -0.39 is 113 Å². The van der Waals surface area contributed by atoms with Crippen LogP contribution in [0.25, 0.3) is 0 Å². The van der Waals surface area contributed by atoms with Gasteiger partial charge in [-0.2, -0.15) is 0 Å². The maximum absolute atomic E-state index is 14.9. The van der Waals surface area contributed by atoms with Crippen molar-refractivity contribution in [2.45, 2.75) is 240 Å². The fraction of sp³-hybridized carbons (Fsp3) is 0.679. The van der Waals surface area contributed by atoms with E-state index in [0.717, 1.165) is 17.3 Å². The minimum Gasteiger partial charge on any atom is -0.480 e. The summed E-state index contributed by atoms with van der Waals surface area (Å²) in [6, 6.07) is 11.1. The third-order valence-corrected chi connectivity index (χ3v) is 21.5. The molecule has 9 N–H and O–H groups in total. The zero-order valence-electron chi connectivity index (χ0n) is 65.4. The van der Waals surface area contributed by atoms with E-state index in [2.05, 4.69) is 26.6 Å². The van der Waals surface area contributed by atoms with E-state index in [9.17, 15) is 72.5 Å². The molecule has 1 aliphatic heterocycles. The molecule has 1 saturated heterocycles. The number of urea groups is 1. The molecule has 14 atom stereocenters. The van der Waals surface area contributed by atoms with Crippen molar-refractivity contribution in [2.75, 3.05) is 59.0 Å². The fourth-order valence-electron chi connectivity index (χ4n) is 13.6. The number of aliphatic hydroxyl groups excluding tert-OH is 1. The Balaban J connectivity index is 1.63. The molecule has 0 aliphatic carbocycles. The summed E-state index contributed by atoms with van der Waals surface area (Å²) in [5.41, 5.74) is 6.91. The predicted molar refractivity (Wildman–Crippen MR) is 405 cm³/mol. The lowest BCUT2D eigenvalue weighted by atomic mass is 9.83. The van der Waals surface area contributed by atoms with Crippen molar-refractivity contribution in [3.8, 4) is 0 Å². The number of aliphatic carboxylic acids is 1. The van der Waals surface area contributed by atoms with E-state index in [0.29, 0.717) is 56.3 Å². The number of aliphatic hydroxyl groups is 1. The molecule has 0 saturated carbocycles. The average Bonchev–Trinajstić information content (AvgIpc) is 1.46. The van der Waals surface area contributed by atoms with Gasteiger partial charge in [-0.1, -0.05) is 131 Å². The number of likely N-dealkylation sites (tertiary alicyclic amines) is 1. The molecule has 0 bridgehead atoms. The first-order valence-corrected chi connectivity index (χ1v) is 38.5. The molecule has 27 nitrogen and oxygen atoms in total. The number of nitrogens with zero attached hydrogens (tertiary/aromatic N) is 3. The third-order valence-electron chi connectivity index (χ3n) is 20.2. The monoisotopic (exact) mass is 1510 g/mol. The number of ketones is 4. The average molecular weight is 1510 g/mol. The SMILES string of the molecule is CCC(=O)NC(CSC(CC(=O)NCCCCCC(=O)N[C@H](C(=O)CC(CCCNC(N)=O)C(=O)Nc1ccc(COC(=O)N(C)[C@@H](C(=O)CC(C(=O)N(C)C([C@@H](C)CC)[C@@H](CC(=O)N2CCC[C@H]2C(OC)[C@@H](C)C(=O)C[C@H](C)[C@@H](O)c2ccccc2)OC)C(C)C)C(C)C)cc1)C(C)C)C(=O)O)C(C)=O. The largest absolute Gasteiger partial charge is 0.480 e. The van der Waals surface area contributed by atoms with Crippen molar-refractivity contribution >= 4 is 94.1 Å². The topological polar surface area (TPSA) is 386 Å². The minimum atomic E-state index is -1.24. The smallest absolute Gasteiger partial charge is 0.410 e. The number of Topliss-reactive ketones (excluding diaryl/α,β-unsaturated/α-hetero) is 4. The van der Waals surface area contributed by atoms with Gasteiger partial charge in [0.25, 0.3) is 0 Å². The second kappa shape index (κ2) is 47.1. The van der Waals surface area contributed by atoms with Crippen LogP contribution in [0, 0.1) is 47.3 Å². The second-order valence-corrected chi connectivity index (χ2v) is 30.6. The lowest BCUT2D eigenvalue weighted by Gasteiger charge is -2.41. The molecule has 2 aromatic carbocycles. The number of likely N-dealkylation sites (N-methyl/N-ethyl adjacent to an activating group) is 2. The van der Waals surface area contributed by atoms with Gasteiger partial charge < -0.3 is 71.4 Å². The standard InChI is InChI=1S/C78H123N9O18S/c1-17-49(9)71(63(103-15)42-68(95)87-38-26-30-59(87)73(104-16)51(11)60(89)39-50(10)72(96)54-27-21-19-22-28-54)85(13)75(98)57(46(3)4)41-62(91)70(48(7)8)86(14)78(102)105-44-53-32-34-56(35-33-53)82-74(97)55(29-25-37-81-77(79)101)40-61(90)69(47(5)6)84-66(93)31-23-20-24-36-80-67(94)43-64(76(99)100)106-45-58(52(12)88)83-65(92)18-2/h19,21-22,27-28,32-35,46-51,55,57-59,63-64,69-73,96H,17-18,20,23-26,29-31,36-45H2,1-16H3,(H,80,94)(H,82,97)(H,83,92)(H,84,93)(H,99,100)(H3,79,81,101)/t49-,50-,51-,55?,57?,58?,59-,63+,64?,69-,70+,71?,72+,73?/m0/s1. The van der Waals surface area contributed by atoms with E-state index in [-0.39, 0.29) is 148 Å². The van der Waals surface area contributed by atoms with Crippen LogP contribution in [0.4, 0.5) is 15.3 Å². The maximum atomic E-state index is 14.9. The number of carbonyl (C=O) groups is 13. The van der Waals surface area contributed by atoms with Crippen LogP contribution in [0.15, 0.2) is 54.6 Å². The first kappa shape index (κ1) is 92.4. The fourth-order valence-corrected chi connectivity index (χ4v) is 14.8. The van der Waals surface area contributed by atoms with Crippen LogP contribution in [-0.2, 0) is 73.6 Å². The number of methoxy groups -OCH3 is 2. The Labute approximate surface area is 631 Å². The number of rotatable bonds is 50. The second-order valence-electron chi connectivity index (χ2n) is 29.4. The summed E-state index contributed by atoms with van der Waals surface area (Å²) in [4.78, 5) is 177. The Hall–Kier alpha value is -7.82. The molecule has 106 heavy (non-hydrogen) atoms. The Kier molecular flexibility index (Phi) is 41.0. The molecule has 0 spiro atoms. The Morgan fingerprint density at radius 3 is 1.91 bits per heavy atom. The summed E-state index contributed by atoms with van der Waals surface area (Å²) in [7, 11) is 6.21. The summed E-state index contributed by atoms with van der Waals surface area (Å²) in [5, 5.41) is 33.0. The van der Waals surface area contributed by atoms with Crippen molar-refractivity contribution in [2.24, 2.45) is 53.1 Å². The number of carboxylic acid groups (broad SMARTS) is 1. The zero-order valence-corrected chi connectivity index (χ0v) is 66.2. The van der Waals surface area contributed by atoms with Crippen molar-refractivity contribution in [1.82, 2.24) is 36.0 Å². The van der Waals surface area contributed by atoms with Gasteiger partial charge in [0.2, 0.25) is 35.4 Å². The predicted octanol–water partition coefficient (Wildman–Crippen LogP) is 8.60. The lowest BCUT2D eigenvalue weighted by molar-refractivity contribution is -0.149. The summed E-state index contributed by atoms with van der Waals surface area (Å²) in [5.74, 6) is -8.55. The van der Waals surface area contributed by atoms with Gasteiger partial charge in [-0.3, -0.25) is 52.7 Å². The summed E-state index contributed by atoms with van der Waals surface area (Å²) < 4.78 is 17.9. The van der Waals surface area contributed by atoms with E-state index in [4.69, 9.17) is 19.9 Å². The van der Waals surface area contributed by atoms with Crippen molar-refractivity contribution < 1.29 is 86.8 Å². The number of nitrogens with two attached hydrogens (primary N) is 1. The molecule has 594 valence electrons. The number of hydrogen-bond acceptors (Lipinski definition) is 18. The van der Waals surface area contributed by atoms with Crippen molar-refractivity contribution in [3.63, 3.8) is 0 Å². The first-order valence-electron chi connectivity index (χ1n) is 37.5. The molecule has 1 aliphatic rings. The highest BCUT2D eigenvalue weighted by molar-refractivity contribution is 8.00.